The van der Waals surface area contributed by atoms with Crippen molar-refractivity contribution in [3.63, 3.8) is 0 Å². The van der Waals surface area contributed by atoms with Crippen LogP contribution in [0.15, 0.2) is 24.3 Å². The molecule has 1 atom stereocenters. The molecular weight excluding hydrogens is 317 g/mol. The Morgan fingerprint density at radius 2 is 1.96 bits per heavy atom. The van der Waals surface area contributed by atoms with Crippen LogP contribution in [0.5, 0.6) is 0 Å². The van der Waals surface area contributed by atoms with E-state index in [9.17, 15) is 9.18 Å². The Kier molecular flexibility index (Phi) is 6.43. The largest absolute Gasteiger partial charge is 0.341 e. The summed E-state index contributed by atoms with van der Waals surface area (Å²) in [7, 11) is 2.08. The van der Waals surface area contributed by atoms with Crippen LogP contribution in [0.25, 0.3) is 0 Å². The van der Waals surface area contributed by atoms with Gasteiger partial charge in [-0.25, -0.2) is 4.39 Å². The van der Waals surface area contributed by atoms with Crippen LogP contribution in [-0.2, 0) is 11.2 Å². The minimum atomic E-state index is -0.190. The molecule has 2 heterocycles. The average molecular weight is 347 g/mol. The van der Waals surface area contributed by atoms with Crippen molar-refractivity contribution in [3.8, 4) is 0 Å². The molecule has 2 fully saturated rings. The number of piperidine rings is 2. The number of amides is 1. The fourth-order valence-corrected chi connectivity index (χ4v) is 4.10. The second kappa shape index (κ2) is 8.77. The second-order valence-electron chi connectivity index (χ2n) is 7.57. The maximum Gasteiger partial charge on any atom is 0.236 e. The van der Waals surface area contributed by atoms with Gasteiger partial charge in [0.2, 0.25) is 5.91 Å². The van der Waals surface area contributed by atoms with Gasteiger partial charge in [-0.3, -0.25) is 9.69 Å². The van der Waals surface area contributed by atoms with Crippen LogP contribution < -0.4 is 5.32 Å². The highest BCUT2D eigenvalue weighted by molar-refractivity contribution is 5.78. The minimum absolute atomic E-state index is 0.190. The Bertz CT molecular complexity index is 557. The monoisotopic (exact) mass is 347 g/mol. The fraction of sp³-hybridized carbons (Fsp3) is 0.650. The molecule has 138 valence electrons. The van der Waals surface area contributed by atoms with Crippen molar-refractivity contribution in [3.05, 3.63) is 35.6 Å². The summed E-state index contributed by atoms with van der Waals surface area (Å²) in [6.45, 7) is 4.32. The molecule has 2 aliphatic heterocycles. The Morgan fingerprint density at radius 1 is 1.24 bits per heavy atom. The first-order valence-electron chi connectivity index (χ1n) is 9.55. The van der Waals surface area contributed by atoms with E-state index in [1.54, 1.807) is 0 Å². The van der Waals surface area contributed by atoms with Gasteiger partial charge in [0.05, 0.1) is 6.54 Å². The summed E-state index contributed by atoms with van der Waals surface area (Å²) in [5.74, 6) is 0.544. The van der Waals surface area contributed by atoms with Crippen molar-refractivity contribution in [2.75, 3.05) is 39.8 Å². The second-order valence-corrected chi connectivity index (χ2v) is 7.57. The molecule has 2 saturated heterocycles. The molecule has 1 amide bonds. The van der Waals surface area contributed by atoms with Crippen LogP contribution in [0.1, 0.15) is 31.2 Å². The Morgan fingerprint density at radius 3 is 2.68 bits per heavy atom. The van der Waals surface area contributed by atoms with Crippen LogP contribution in [0, 0.1) is 11.7 Å². The predicted molar refractivity (Wildman–Crippen MR) is 97.9 cm³/mol. The van der Waals surface area contributed by atoms with Gasteiger partial charge in [0.25, 0.3) is 0 Å². The van der Waals surface area contributed by atoms with E-state index < -0.39 is 0 Å². The molecular formula is C20H30FN3O. The van der Waals surface area contributed by atoms with Crippen LogP contribution in [-0.4, -0.2) is 61.5 Å². The molecule has 25 heavy (non-hydrogen) atoms. The molecule has 1 aromatic rings. The number of nitrogens with one attached hydrogen (secondary N) is 1. The number of carbonyl (C=O) groups is 1. The molecule has 1 N–H and O–H groups in total. The van der Waals surface area contributed by atoms with Gasteiger partial charge in [0.1, 0.15) is 5.82 Å². The van der Waals surface area contributed by atoms with Crippen molar-refractivity contribution in [2.24, 2.45) is 5.92 Å². The maximum absolute atomic E-state index is 13.0. The van der Waals surface area contributed by atoms with Gasteiger partial charge in [0, 0.05) is 19.1 Å². The van der Waals surface area contributed by atoms with E-state index in [0.29, 0.717) is 18.5 Å². The first-order valence-corrected chi connectivity index (χ1v) is 9.55. The summed E-state index contributed by atoms with van der Waals surface area (Å²) >= 11 is 0. The van der Waals surface area contributed by atoms with Gasteiger partial charge in [-0.1, -0.05) is 12.1 Å². The highest BCUT2D eigenvalue weighted by atomic mass is 19.1. The zero-order valence-electron chi connectivity index (χ0n) is 15.2. The zero-order valence-corrected chi connectivity index (χ0v) is 15.2. The summed E-state index contributed by atoms with van der Waals surface area (Å²) in [6, 6.07) is 7.29. The lowest BCUT2D eigenvalue weighted by molar-refractivity contribution is -0.134. The molecule has 4 nitrogen and oxygen atoms in total. The number of benzene rings is 1. The van der Waals surface area contributed by atoms with E-state index in [1.165, 1.54) is 12.1 Å². The standard InChI is InChI=1S/C20H30FN3O/c1-23(19-8-10-22-11-9-19)15-20(25)24-12-2-3-17(14-24)13-16-4-6-18(21)7-5-16/h4-7,17,19,22H,2-3,8-15H2,1H3. The number of nitrogens with zero attached hydrogens (tertiary/aromatic N) is 2. The number of halogens is 1. The number of likely N-dealkylation sites (tertiary alicyclic amines) is 1. The summed E-state index contributed by atoms with van der Waals surface area (Å²) in [5, 5.41) is 3.37. The molecule has 0 radical (unpaired) electrons. The highest BCUT2D eigenvalue weighted by Crippen LogP contribution is 2.21. The van der Waals surface area contributed by atoms with Gasteiger partial charge in [0.15, 0.2) is 0 Å². The first-order chi connectivity index (χ1) is 12.1. The molecule has 1 unspecified atom stereocenters. The average Bonchev–Trinajstić information content (AvgIpc) is 2.64. The third-order valence-corrected chi connectivity index (χ3v) is 5.63. The van der Waals surface area contributed by atoms with Gasteiger partial charge in [-0.15, -0.1) is 0 Å². The number of hydrogen-bond donors (Lipinski definition) is 1. The van der Waals surface area contributed by atoms with Gasteiger partial charge < -0.3 is 10.2 Å². The highest BCUT2D eigenvalue weighted by Gasteiger charge is 2.26. The smallest absolute Gasteiger partial charge is 0.236 e. The van der Waals surface area contributed by atoms with E-state index in [-0.39, 0.29) is 11.7 Å². The number of carbonyl (C=O) groups excluding carboxylic acids is 1. The third-order valence-electron chi connectivity index (χ3n) is 5.63. The third kappa shape index (κ3) is 5.25. The molecule has 0 bridgehead atoms. The Labute approximate surface area is 150 Å². The quantitative estimate of drug-likeness (QED) is 0.888. The fourth-order valence-electron chi connectivity index (χ4n) is 4.10. The van der Waals surface area contributed by atoms with E-state index in [0.717, 1.165) is 63.8 Å². The topological polar surface area (TPSA) is 35.6 Å². The zero-order chi connectivity index (χ0) is 17.6. The van der Waals surface area contributed by atoms with Crippen LogP contribution in [0.4, 0.5) is 4.39 Å². The molecule has 0 saturated carbocycles. The lowest BCUT2D eigenvalue weighted by Gasteiger charge is -2.36. The van der Waals surface area contributed by atoms with Crippen molar-refractivity contribution in [2.45, 2.75) is 38.1 Å². The van der Waals surface area contributed by atoms with Gasteiger partial charge >= 0.3 is 0 Å². The maximum atomic E-state index is 13.0. The number of rotatable bonds is 5. The van der Waals surface area contributed by atoms with Gasteiger partial charge in [-0.05, 0) is 75.9 Å². The summed E-state index contributed by atoms with van der Waals surface area (Å²) < 4.78 is 13.0. The Balaban J connectivity index is 1.49. The first kappa shape index (κ1) is 18.3. The van der Waals surface area contributed by atoms with Crippen LogP contribution >= 0.6 is 0 Å². The lowest BCUT2D eigenvalue weighted by Crippen LogP contribution is -2.48. The normalized spacial score (nSPS) is 22.4. The van der Waals surface area contributed by atoms with Crippen LogP contribution in [0.3, 0.4) is 0 Å². The van der Waals surface area contributed by atoms with Crippen molar-refractivity contribution < 1.29 is 9.18 Å². The molecule has 2 aliphatic rings. The molecule has 0 aliphatic carbocycles. The van der Waals surface area contributed by atoms with E-state index in [2.05, 4.69) is 17.3 Å². The summed E-state index contributed by atoms with van der Waals surface area (Å²) in [5.41, 5.74) is 1.16. The molecule has 5 heteroatoms. The summed E-state index contributed by atoms with van der Waals surface area (Å²) in [6.07, 6.45) is 5.38. The SMILES string of the molecule is CN(CC(=O)N1CCCC(Cc2ccc(F)cc2)C1)C1CCNCC1. The van der Waals surface area contributed by atoms with Crippen molar-refractivity contribution >= 4 is 5.91 Å². The van der Waals surface area contributed by atoms with E-state index in [4.69, 9.17) is 0 Å². The van der Waals surface area contributed by atoms with E-state index >= 15 is 0 Å². The van der Waals surface area contributed by atoms with E-state index in [1.807, 2.05) is 17.0 Å². The van der Waals surface area contributed by atoms with Crippen molar-refractivity contribution in [1.82, 2.24) is 15.1 Å². The molecule has 3 rings (SSSR count). The minimum Gasteiger partial charge on any atom is -0.341 e. The molecule has 0 spiro atoms. The molecule has 1 aromatic carbocycles. The molecule has 0 aromatic heterocycles. The number of likely N-dealkylation sites (N-methyl/N-ethyl adjacent to an activating group) is 1. The lowest BCUT2D eigenvalue weighted by atomic mass is 9.91. The predicted octanol–water partition coefficient (Wildman–Crippen LogP) is 2.29. The number of hydrogen-bond acceptors (Lipinski definition) is 3. The van der Waals surface area contributed by atoms with Crippen LogP contribution in [0.2, 0.25) is 0 Å². The van der Waals surface area contributed by atoms with Crippen molar-refractivity contribution in [1.29, 1.82) is 0 Å². The van der Waals surface area contributed by atoms with Gasteiger partial charge in [-0.2, -0.15) is 0 Å². The Hall–Kier alpha value is -1.46. The summed E-state index contributed by atoms with van der Waals surface area (Å²) in [4.78, 5) is 17.0.